The van der Waals surface area contributed by atoms with Crippen LogP contribution >= 0.6 is 0 Å². The molecule has 0 heterocycles. The van der Waals surface area contributed by atoms with Crippen molar-refractivity contribution in [1.29, 1.82) is 0 Å². The Labute approximate surface area is 212 Å². The van der Waals surface area contributed by atoms with E-state index in [1.54, 1.807) is 7.11 Å². The molecule has 196 valence electrons. The Morgan fingerprint density at radius 1 is 0.765 bits per heavy atom. The predicted molar refractivity (Wildman–Crippen MR) is 147 cm³/mol. The van der Waals surface area contributed by atoms with Crippen molar-refractivity contribution in [2.45, 2.75) is 124 Å². The van der Waals surface area contributed by atoms with Gasteiger partial charge in [0.1, 0.15) is 7.11 Å². The molecular weight excluding hydrogens is 454 g/mol. The lowest BCUT2D eigenvalue weighted by atomic mass is 9.44. The Hall–Kier alpha value is -0.176. The van der Waals surface area contributed by atoms with Gasteiger partial charge in [-0.1, -0.05) is 19.0 Å². The Balaban J connectivity index is 1.64. The molecule has 4 aliphatic carbocycles. The Morgan fingerprint density at radius 2 is 1.38 bits per heavy atom. The Morgan fingerprint density at radius 3 is 2.00 bits per heavy atom. The zero-order valence-corrected chi connectivity index (χ0v) is 25.9. The fourth-order valence-electron chi connectivity index (χ4n) is 9.32. The van der Waals surface area contributed by atoms with Gasteiger partial charge in [0.25, 0.3) is 0 Å². The first-order valence-electron chi connectivity index (χ1n) is 14.1. The second kappa shape index (κ2) is 9.29. The first kappa shape index (κ1) is 26.9. The summed E-state index contributed by atoms with van der Waals surface area (Å²) in [6, 6.07) is 0. The summed E-state index contributed by atoms with van der Waals surface area (Å²) >= 11 is 0. The molecule has 34 heavy (non-hydrogen) atoms. The summed E-state index contributed by atoms with van der Waals surface area (Å²) in [6.45, 7) is 21.6. The number of oxime groups is 1. The van der Waals surface area contributed by atoms with Crippen LogP contribution in [0.4, 0.5) is 0 Å². The highest BCUT2D eigenvalue weighted by Gasteiger charge is 2.63. The van der Waals surface area contributed by atoms with Crippen molar-refractivity contribution in [1.82, 2.24) is 0 Å². The molecule has 0 amide bonds. The highest BCUT2D eigenvalue weighted by molar-refractivity contribution is 6.70. The van der Waals surface area contributed by atoms with Crippen LogP contribution in [0.25, 0.3) is 0 Å². The van der Waals surface area contributed by atoms with E-state index in [0.717, 1.165) is 17.8 Å². The van der Waals surface area contributed by atoms with Gasteiger partial charge in [-0.2, -0.15) is 0 Å². The lowest BCUT2D eigenvalue weighted by molar-refractivity contribution is -0.163. The second-order valence-electron chi connectivity index (χ2n) is 14.7. The van der Waals surface area contributed by atoms with Gasteiger partial charge in [0, 0.05) is 18.1 Å². The molecule has 0 N–H and O–H groups in total. The van der Waals surface area contributed by atoms with E-state index in [-0.39, 0.29) is 0 Å². The molecule has 0 bridgehead atoms. The summed E-state index contributed by atoms with van der Waals surface area (Å²) in [5.41, 5.74) is 1.96. The molecule has 4 rings (SSSR count). The molecule has 0 aromatic carbocycles. The van der Waals surface area contributed by atoms with Crippen LogP contribution in [0.15, 0.2) is 5.16 Å². The lowest BCUT2D eigenvalue weighted by Crippen LogP contribution is -2.60. The molecule has 0 aromatic heterocycles. The number of hydrogen-bond acceptors (Lipinski definition) is 4. The normalized spacial score (nSPS) is 45.4. The summed E-state index contributed by atoms with van der Waals surface area (Å²) in [4.78, 5) is 5.21. The third-order valence-electron chi connectivity index (χ3n) is 10.4. The van der Waals surface area contributed by atoms with E-state index in [9.17, 15) is 0 Å². The summed E-state index contributed by atoms with van der Waals surface area (Å²) < 4.78 is 13.8. The molecule has 9 atom stereocenters. The van der Waals surface area contributed by atoms with Gasteiger partial charge in [0.15, 0.2) is 16.6 Å². The van der Waals surface area contributed by atoms with Gasteiger partial charge in [-0.25, -0.2) is 0 Å². The van der Waals surface area contributed by atoms with E-state index >= 15 is 0 Å². The van der Waals surface area contributed by atoms with E-state index in [4.69, 9.17) is 13.7 Å². The van der Waals surface area contributed by atoms with E-state index in [1.807, 2.05) is 0 Å². The molecule has 0 radical (unpaired) electrons. The van der Waals surface area contributed by atoms with Crippen LogP contribution in [0.3, 0.4) is 0 Å². The lowest BCUT2D eigenvalue weighted by Gasteiger charge is -2.63. The van der Waals surface area contributed by atoms with Gasteiger partial charge in [0.2, 0.25) is 0 Å². The molecule has 6 heteroatoms. The topological polar surface area (TPSA) is 40.0 Å². The fraction of sp³-hybridized carbons (Fsp3) is 0.964. The average Bonchev–Trinajstić information content (AvgIpc) is 3.04. The molecule has 0 aliphatic heterocycles. The molecule has 0 aromatic rings. The largest absolute Gasteiger partial charge is 0.415 e. The van der Waals surface area contributed by atoms with Crippen molar-refractivity contribution < 1.29 is 13.7 Å². The minimum Gasteiger partial charge on any atom is -0.415 e. The predicted octanol–water partition coefficient (Wildman–Crippen LogP) is 7.72. The minimum absolute atomic E-state index is 0.359. The van der Waals surface area contributed by atoms with Crippen LogP contribution < -0.4 is 0 Å². The zero-order valence-electron chi connectivity index (χ0n) is 23.9. The van der Waals surface area contributed by atoms with Crippen LogP contribution in [0.2, 0.25) is 39.3 Å². The standard InChI is InChI=1S/C28H53NO3Si2/c1-19(29-30-4)22-11-12-23-21-18-26(32-34(8,9)10)25-17-20(31-33(5,6)7)13-15-28(25,3)24(21)14-16-27(22,23)2/h20-26H,11-18H2,1-10H3. The molecular formula is C28H53NO3Si2. The van der Waals surface area contributed by atoms with E-state index in [2.05, 4.69) is 65.2 Å². The van der Waals surface area contributed by atoms with Gasteiger partial charge < -0.3 is 13.7 Å². The van der Waals surface area contributed by atoms with Crippen molar-refractivity contribution in [2.75, 3.05) is 7.11 Å². The quantitative estimate of drug-likeness (QED) is 0.210. The fourth-order valence-corrected chi connectivity index (χ4v) is 11.7. The minimum atomic E-state index is -1.64. The zero-order chi connectivity index (χ0) is 25.1. The van der Waals surface area contributed by atoms with Crippen LogP contribution in [-0.2, 0) is 13.7 Å². The first-order valence-corrected chi connectivity index (χ1v) is 20.9. The van der Waals surface area contributed by atoms with Crippen LogP contribution in [0, 0.1) is 40.4 Å². The smallest absolute Gasteiger partial charge is 0.184 e. The van der Waals surface area contributed by atoms with E-state index < -0.39 is 16.6 Å². The number of rotatable bonds is 6. The monoisotopic (exact) mass is 507 g/mol. The second-order valence-corrected chi connectivity index (χ2v) is 23.6. The molecule has 0 spiro atoms. The Bertz CT molecular complexity index is 775. The van der Waals surface area contributed by atoms with Gasteiger partial charge >= 0.3 is 0 Å². The van der Waals surface area contributed by atoms with E-state index in [0.29, 0.717) is 34.9 Å². The van der Waals surface area contributed by atoms with E-state index in [1.165, 1.54) is 57.1 Å². The third-order valence-corrected chi connectivity index (χ3v) is 12.4. The maximum Gasteiger partial charge on any atom is 0.184 e. The first-order chi connectivity index (χ1) is 15.7. The molecule has 0 saturated heterocycles. The highest BCUT2D eigenvalue weighted by atomic mass is 28.4. The molecule has 4 nitrogen and oxygen atoms in total. The SMILES string of the molecule is CON=C(C)C1CCC2C3CC(O[Si](C)(C)C)C4CC(O[Si](C)(C)C)CCC4(C)C3CCC12C. The van der Waals surface area contributed by atoms with Gasteiger partial charge in [-0.3, -0.25) is 0 Å². The van der Waals surface area contributed by atoms with Crippen molar-refractivity contribution >= 4 is 22.3 Å². The van der Waals surface area contributed by atoms with Crippen LogP contribution in [-0.4, -0.2) is 41.7 Å². The van der Waals surface area contributed by atoms with Crippen molar-refractivity contribution in [3.8, 4) is 0 Å². The van der Waals surface area contributed by atoms with Gasteiger partial charge in [0.05, 0.1) is 5.71 Å². The number of hydrogen-bond donors (Lipinski definition) is 0. The molecule has 4 aliphatic rings. The maximum atomic E-state index is 7.09. The van der Waals surface area contributed by atoms with Crippen molar-refractivity contribution in [2.24, 2.45) is 45.6 Å². The van der Waals surface area contributed by atoms with Gasteiger partial charge in [-0.05, 0) is 132 Å². The number of nitrogens with zero attached hydrogens (tertiary/aromatic N) is 1. The van der Waals surface area contributed by atoms with Crippen LogP contribution in [0.1, 0.15) is 72.1 Å². The highest BCUT2D eigenvalue weighted by Crippen LogP contribution is 2.68. The summed E-state index contributed by atoms with van der Waals surface area (Å²) in [6.07, 6.45) is 11.2. The summed E-state index contributed by atoms with van der Waals surface area (Å²) in [5, 5.41) is 4.41. The summed E-state index contributed by atoms with van der Waals surface area (Å²) in [5.74, 6) is 3.63. The average molecular weight is 508 g/mol. The van der Waals surface area contributed by atoms with Crippen LogP contribution in [0.5, 0.6) is 0 Å². The third kappa shape index (κ3) is 4.99. The Kier molecular flexibility index (Phi) is 7.34. The van der Waals surface area contributed by atoms with Crippen molar-refractivity contribution in [3.63, 3.8) is 0 Å². The van der Waals surface area contributed by atoms with Crippen molar-refractivity contribution in [3.05, 3.63) is 0 Å². The molecule has 9 unspecified atom stereocenters. The van der Waals surface area contributed by atoms with Gasteiger partial charge in [-0.15, -0.1) is 0 Å². The molecule has 4 fully saturated rings. The maximum absolute atomic E-state index is 7.09. The number of fused-ring (bicyclic) bond motifs is 5. The summed E-state index contributed by atoms with van der Waals surface area (Å²) in [7, 11) is -1.48. The molecule has 4 saturated carbocycles.